The lowest BCUT2D eigenvalue weighted by Crippen LogP contribution is -2.59. The summed E-state index contributed by atoms with van der Waals surface area (Å²) in [5.74, 6) is 1.98. The van der Waals surface area contributed by atoms with Gasteiger partial charge in [0.25, 0.3) is 5.91 Å². The Bertz CT molecular complexity index is 960. The summed E-state index contributed by atoms with van der Waals surface area (Å²) in [6, 6.07) is 8.75. The monoisotopic (exact) mass is 438 g/mol. The molecule has 2 aliphatic rings. The van der Waals surface area contributed by atoms with Crippen LogP contribution in [-0.4, -0.2) is 65.3 Å². The molecule has 2 heterocycles. The van der Waals surface area contributed by atoms with Gasteiger partial charge in [-0.25, -0.2) is 9.80 Å². The first-order chi connectivity index (χ1) is 15.1. The number of piperidine rings is 1. The first-order valence-electron chi connectivity index (χ1n) is 10.7. The van der Waals surface area contributed by atoms with E-state index >= 15 is 0 Å². The zero-order valence-electron chi connectivity index (χ0n) is 19.1. The number of alkyl carbamates (subject to hydrolysis) is 1. The van der Waals surface area contributed by atoms with Crippen LogP contribution in [0.25, 0.3) is 0 Å². The number of benzene rings is 1. The van der Waals surface area contributed by atoms with Crippen molar-refractivity contribution < 1.29 is 19.1 Å². The Morgan fingerprint density at radius 1 is 1.31 bits per heavy atom. The van der Waals surface area contributed by atoms with E-state index in [0.717, 1.165) is 11.3 Å². The Morgan fingerprint density at radius 2 is 2.00 bits per heavy atom. The molecule has 32 heavy (non-hydrogen) atoms. The van der Waals surface area contributed by atoms with E-state index < -0.39 is 23.2 Å². The number of rotatable bonds is 5. The summed E-state index contributed by atoms with van der Waals surface area (Å²) < 4.78 is 5.28. The Morgan fingerprint density at radius 3 is 2.62 bits per heavy atom. The third kappa shape index (κ3) is 4.93. The van der Waals surface area contributed by atoms with Crippen molar-refractivity contribution in [2.75, 3.05) is 20.1 Å². The maximum atomic E-state index is 13.4. The van der Waals surface area contributed by atoms with Gasteiger partial charge >= 0.3 is 6.09 Å². The second kappa shape index (κ2) is 9.03. The van der Waals surface area contributed by atoms with Gasteiger partial charge in [0.15, 0.2) is 0 Å². The van der Waals surface area contributed by atoms with Gasteiger partial charge in [-0.3, -0.25) is 9.59 Å². The number of hydrogen-bond acceptors (Lipinski definition) is 5. The molecule has 8 heteroatoms. The van der Waals surface area contributed by atoms with Crippen LogP contribution >= 0.6 is 0 Å². The first kappa shape index (κ1) is 23.3. The predicted octanol–water partition coefficient (Wildman–Crippen LogP) is 2.19. The fourth-order valence-electron chi connectivity index (χ4n) is 4.20. The van der Waals surface area contributed by atoms with Crippen molar-refractivity contribution in [2.24, 2.45) is 10.5 Å². The number of terminal acetylenes is 1. The van der Waals surface area contributed by atoms with Crippen molar-refractivity contribution in [3.05, 3.63) is 35.9 Å². The summed E-state index contributed by atoms with van der Waals surface area (Å²) in [7, 11) is 1.64. The summed E-state index contributed by atoms with van der Waals surface area (Å²) in [6.45, 7) is 5.80. The molecule has 2 aliphatic heterocycles. The predicted molar refractivity (Wildman–Crippen MR) is 121 cm³/mol. The summed E-state index contributed by atoms with van der Waals surface area (Å²) >= 11 is 0. The van der Waals surface area contributed by atoms with Crippen LogP contribution in [0.2, 0.25) is 0 Å². The van der Waals surface area contributed by atoms with Crippen LogP contribution < -0.4 is 5.32 Å². The van der Waals surface area contributed by atoms with Crippen LogP contribution in [-0.2, 0) is 20.7 Å². The molecular formula is C24H30N4O4. The molecule has 3 rings (SSSR count). The van der Waals surface area contributed by atoms with Crippen LogP contribution in [0.4, 0.5) is 4.79 Å². The summed E-state index contributed by atoms with van der Waals surface area (Å²) in [5.41, 5.74) is 0.151. The Kier molecular flexibility index (Phi) is 6.58. The van der Waals surface area contributed by atoms with Gasteiger partial charge < -0.3 is 15.0 Å². The Labute approximate surface area is 189 Å². The van der Waals surface area contributed by atoms with E-state index in [1.807, 2.05) is 30.3 Å². The molecule has 0 radical (unpaired) electrons. The topological polar surface area (TPSA) is 91.3 Å². The lowest BCUT2D eigenvalue weighted by molar-refractivity contribution is -0.140. The van der Waals surface area contributed by atoms with E-state index in [9.17, 15) is 14.4 Å². The summed E-state index contributed by atoms with van der Waals surface area (Å²) in [5, 5.41) is 8.42. The number of carbonyl (C=O) groups is 3. The standard InChI is InChI=1S/C24H30N4O4/c1-6-10-18(25-22(31)32-23(2,3)4)20(29)28-14-13-19-24(16-28,21(30)27(5)26-19)15-17-11-8-7-9-12-17/h1,7-9,11-12,18H,10,13-16H2,2-5H3,(H,25,31)/t18-,24-/m1/s1. The summed E-state index contributed by atoms with van der Waals surface area (Å²) in [4.78, 5) is 40.4. The van der Waals surface area contributed by atoms with Gasteiger partial charge in [-0.15, -0.1) is 12.3 Å². The van der Waals surface area contributed by atoms with E-state index in [2.05, 4.69) is 16.3 Å². The lowest BCUT2D eigenvalue weighted by atomic mass is 9.73. The number of ether oxygens (including phenoxy) is 1. The number of amides is 3. The average molecular weight is 439 g/mol. The van der Waals surface area contributed by atoms with E-state index in [-0.39, 0.29) is 24.8 Å². The van der Waals surface area contributed by atoms with Crippen molar-refractivity contribution in [3.8, 4) is 12.3 Å². The highest BCUT2D eigenvalue weighted by molar-refractivity contribution is 6.13. The number of likely N-dealkylation sites (tertiary alicyclic amines) is 1. The highest BCUT2D eigenvalue weighted by Crippen LogP contribution is 2.38. The minimum atomic E-state index is -0.934. The quantitative estimate of drug-likeness (QED) is 0.714. The van der Waals surface area contributed by atoms with Crippen molar-refractivity contribution in [2.45, 2.75) is 51.7 Å². The zero-order valence-corrected chi connectivity index (χ0v) is 19.1. The number of nitrogens with one attached hydrogen (secondary N) is 1. The molecule has 8 nitrogen and oxygen atoms in total. The maximum Gasteiger partial charge on any atom is 0.408 e. The van der Waals surface area contributed by atoms with E-state index in [0.29, 0.717) is 19.4 Å². The molecule has 0 aliphatic carbocycles. The molecule has 0 spiro atoms. The van der Waals surface area contributed by atoms with E-state index in [1.54, 1.807) is 32.7 Å². The molecule has 1 aromatic rings. The van der Waals surface area contributed by atoms with Crippen molar-refractivity contribution in [1.82, 2.24) is 15.2 Å². The normalized spacial score (nSPS) is 21.3. The molecule has 0 aromatic heterocycles. The van der Waals surface area contributed by atoms with Gasteiger partial charge in [0.2, 0.25) is 5.91 Å². The number of hydrazone groups is 1. The second-order valence-electron chi connectivity index (χ2n) is 9.24. The third-order valence-electron chi connectivity index (χ3n) is 5.58. The smallest absolute Gasteiger partial charge is 0.408 e. The number of fused-ring (bicyclic) bond motifs is 1. The molecule has 3 amide bonds. The van der Waals surface area contributed by atoms with E-state index in [1.165, 1.54) is 5.01 Å². The molecule has 0 unspecified atom stereocenters. The molecule has 0 saturated carbocycles. The van der Waals surface area contributed by atoms with Gasteiger partial charge in [-0.1, -0.05) is 30.3 Å². The third-order valence-corrected chi connectivity index (χ3v) is 5.58. The van der Waals surface area contributed by atoms with Gasteiger partial charge in [-0.05, 0) is 32.8 Å². The largest absolute Gasteiger partial charge is 0.444 e. The van der Waals surface area contributed by atoms with Gasteiger partial charge in [0, 0.05) is 33.0 Å². The number of hydrogen-bond donors (Lipinski definition) is 1. The molecule has 170 valence electrons. The van der Waals surface area contributed by atoms with Crippen molar-refractivity contribution in [3.63, 3.8) is 0 Å². The fourth-order valence-corrected chi connectivity index (χ4v) is 4.20. The minimum absolute atomic E-state index is 0.0229. The van der Waals surface area contributed by atoms with E-state index in [4.69, 9.17) is 11.2 Å². The molecule has 2 atom stereocenters. The van der Waals surface area contributed by atoms with Gasteiger partial charge in [0.05, 0.1) is 5.71 Å². The maximum absolute atomic E-state index is 13.4. The molecule has 1 saturated heterocycles. The number of nitrogens with zero attached hydrogens (tertiary/aromatic N) is 3. The molecular weight excluding hydrogens is 408 g/mol. The SMILES string of the molecule is C#CC[C@@H](NC(=O)OC(C)(C)C)C(=O)N1CCC2=NN(C)C(=O)[C@]2(Cc2ccccc2)C1. The lowest BCUT2D eigenvalue weighted by Gasteiger charge is -2.40. The Hall–Kier alpha value is -3.34. The molecule has 1 aromatic carbocycles. The number of carbonyl (C=O) groups excluding carboxylic acids is 3. The fraction of sp³-hybridized carbons (Fsp3) is 0.500. The van der Waals surface area contributed by atoms with Crippen LogP contribution in [0, 0.1) is 17.8 Å². The minimum Gasteiger partial charge on any atom is -0.444 e. The molecule has 1 N–H and O–H groups in total. The average Bonchev–Trinajstić information content (AvgIpc) is 2.96. The van der Waals surface area contributed by atoms with Gasteiger partial charge in [0.1, 0.15) is 17.1 Å². The zero-order chi connectivity index (χ0) is 23.5. The van der Waals surface area contributed by atoms with Crippen LogP contribution in [0.3, 0.4) is 0 Å². The molecule has 1 fully saturated rings. The van der Waals surface area contributed by atoms with Crippen LogP contribution in [0.5, 0.6) is 0 Å². The van der Waals surface area contributed by atoms with Crippen LogP contribution in [0.15, 0.2) is 35.4 Å². The van der Waals surface area contributed by atoms with Crippen molar-refractivity contribution in [1.29, 1.82) is 0 Å². The van der Waals surface area contributed by atoms with Crippen molar-refractivity contribution >= 4 is 23.6 Å². The highest BCUT2D eigenvalue weighted by Gasteiger charge is 2.53. The first-order valence-corrected chi connectivity index (χ1v) is 10.7. The second-order valence-corrected chi connectivity index (χ2v) is 9.24. The highest BCUT2D eigenvalue weighted by atomic mass is 16.6. The van der Waals surface area contributed by atoms with Gasteiger partial charge in [-0.2, -0.15) is 5.10 Å². The Balaban J connectivity index is 1.82. The summed E-state index contributed by atoms with van der Waals surface area (Å²) in [6.07, 6.45) is 5.70. The molecule has 0 bridgehead atoms. The van der Waals surface area contributed by atoms with Crippen LogP contribution in [0.1, 0.15) is 39.2 Å².